The number of benzene rings is 1. The van der Waals surface area contributed by atoms with Gasteiger partial charge in [0.2, 0.25) is 0 Å². The molecule has 33 heavy (non-hydrogen) atoms. The minimum atomic E-state index is -5.14. The van der Waals surface area contributed by atoms with Crippen molar-refractivity contribution in [3.63, 3.8) is 0 Å². The molecule has 0 radical (unpaired) electrons. The number of nitrogens with zero attached hydrogens (tertiary/aromatic N) is 1. The van der Waals surface area contributed by atoms with Crippen molar-refractivity contribution in [1.29, 1.82) is 0 Å². The monoisotopic (exact) mass is 471 g/mol. The van der Waals surface area contributed by atoms with Crippen molar-refractivity contribution in [2.75, 3.05) is 19.1 Å². The summed E-state index contributed by atoms with van der Waals surface area (Å²) in [6, 6.07) is 0. The van der Waals surface area contributed by atoms with Crippen molar-refractivity contribution in [2.24, 2.45) is 0 Å². The van der Waals surface area contributed by atoms with E-state index < -0.39 is 18.1 Å². The Kier molecular flexibility index (Phi) is 8.16. The van der Waals surface area contributed by atoms with Crippen molar-refractivity contribution < 1.29 is 41.8 Å². The molecule has 1 aromatic carbocycles. The Morgan fingerprint density at radius 3 is 2.42 bits per heavy atom. The van der Waals surface area contributed by atoms with Gasteiger partial charge in [-0.3, -0.25) is 9.59 Å². The first kappa shape index (κ1) is 26.2. The SMILES string of the molecule is COc1c(C)c2c(c(N(C)C(=O)C(F)(F)F)c1C/C=C(\C)CCC(=O)OC(C)C)C(=O)OC2. The zero-order valence-electron chi connectivity index (χ0n) is 19.5. The highest BCUT2D eigenvalue weighted by molar-refractivity contribution is 6.07. The van der Waals surface area contributed by atoms with Gasteiger partial charge in [-0.25, -0.2) is 4.79 Å². The first-order valence-electron chi connectivity index (χ1n) is 10.4. The largest absolute Gasteiger partial charge is 0.496 e. The number of amides is 1. The summed E-state index contributed by atoms with van der Waals surface area (Å²) in [6.45, 7) is 6.82. The summed E-state index contributed by atoms with van der Waals surface area (Å²) in [6.07, 6.45) is -3.05. The fourth-order valence-electron chi connectivity index (χ4n) is 3.69. The number of hydrogen-bond acceptors (Lipinski definition) is 6. The van der Waals surface area contributed by atoms with Gasteiger partial charge in [0.25, 0.3) is 0 Å². The van der Waals surface area contributed by atoms with E-state index in [9.17, 15) is 27.6 Å². The Balaban J connectivity index is 2.51. The maximum atomic E-state index is 13.2. The van der Waals surface area contributed by atoms with Gasteiger partial charge in [0.05, 0.1) is 24.5 Å². The van der Waals surface area contributed by atoms with Gasteiger partial charge in [0.1, 0.15) is 12.4 Å². The van der Waals surface area contributed by atoms with Crippen molar-refractivity contribution in [2.45, 2.75) is 65.8 Å². The van der Waals surface area contributed by atoms with Crippen LogP contribution in [0, 0.1) is 6.92 Å². The van der Waals surface area contributed by atoms with E-state index >= 15 is 0 Å². The smallest absolute Gasteiger partial charge is 0.471 e. The third kappa shape index (κ3) is 5.85. The lowest BCUT2D eigenvalue weighted by atomic mass is 9.92. The second kappa shape index (κ2) is 10.3. The van der Waals surface area contributed by atoms with E-state index in [1.54, 1.807) is 33.8 Å². The molecule has 0 N–H and O–H groups in total. The predicted octanol–water partition coefficient (Wildman–Crippen LogP) is 4.42. The molecule has 0 aromatic heterocycles. The molecule has 1 aliphatic rings. The van der Waals surface area contributed by atoms with Crippen LogP contribution in [0.25, 0.3) is 0 Å². The summed E-state index contributed by atoms with van der Waals surface area (Å²) < 4.78 is 55.3. The zero-order valence-corrected chi connectivity index (χ0v) is 19.5. The van der Waals surface area contributed by atoms with E-state index in [0.29, 0.717) is 22.4 Å². The highest BCUT2D eigenvalue weighted by atomic mass is 19.4. The van der Waals surface area contributed by atoms with Crippen LogP contribution in [-0.4, -0.2) is 44.3 Å². The number of allylic oxidation sites excluding steroid dienone is 2. The van der Waals surface area contributed by atoms with E-state index in [1.165, 1.54) is 7.11 Å². The molecule has 0 aliphatic carbocycles. The minimum Gasteiger partial charge on any atom is -0.496 e. The zero-order chi connectivity index (χ0) is 25.1. The predicted molar refractivity (Wildman–Crippen MR) is 114 cm³/mol. The van der Waals surface area contributed by atoms with E-state index in [1.807, 2.05) is 0 Å². The van der Waals surface area contributed by atoms with Crippen LogP contribution in [0.1, 0.15) is 60.7 Å². The molecule has 10 heteroatoms. The molecule has 0 atom stereocenters. The molecule has 0 saturated heterocycles. The van der Waals surface area contributed by atoms with Crippen molar-refractivity contribution in [3.05, 3.63) is 33.9 Å². The lowest BCUT2D eigenvalue weighted by Gasteiger charge is -2.26. The third-order valence-corrected chi connectivity index (χ3v) is 5.28. The highest BCUT2D eigenvalue weighted by Gasteiger charge is 2.44. The number of halogens is 3. The molecule has 1 aliphatic heterocycles. The van der Waals surface area contributed by atoms with Gasteiger partial charge < -0.3 is 19.1 Å². The lowest BCUT2D eigenvalue weighted by molar-refractivity contribution is -0.170. The number of carbonyl (C=O) groups is 3. The summed E-state index contributed by atoms with van der Waals surface area (Å²) >= 11 is 0. The van der Waals surface area contributed by atoms with Crippen LogP contribution in [0.3, 0.4) is 0 Å². The average Bonchev–Trinajstić information content (AvgIpc) is 3.10. The Morgan fingerprint density at radius 1 is 1.24 bits per heavy atom. The highest BCUT2D eigenvalue weighted by Crippen LogP contribution is 2.43. The summed E-state index contributed by atoms with van der Waals surface area (Å²) in [5.74, 6) is -3.01. The number of cyclic esters (lactones) is 1. The molecule has 0 fully saturated rings. The van der Waals surface area contributed by atoms with Gasteiger partial charge in [0, 0.05) is 24.6 Å². The topological polar surface area (TPSA) is 82.1 Å². The number of alkyl halides is 3. The van der Waals surface area contributed by atoms with Gasteiger partial charge in [-0.15, -0.1) is 0 Å². The van der Waals surface area contributed by atoms with E-state index in [0.717, 1.165) is 12.6 Å². The molecule has 1 heterocycles. The quantitative estimate of drug-likeness (QED) is 0.412. The fraction of sp³-hybridized carbons (Fsp3) is 0.522. The summed E-state index contributed by atoms with van der Waals surface area (Å²) in [5, 5.41) is 0. The molecule has 0 spiro atoms. The van der Waals surface area contributed by atoms with Crippen LogP contribution in [-0.2, 0) is 32.1 Å². The Hall–Kier alpha value is -3.04. The second-order valence-electron chi connectivity index (χ2n) is 8.07. The normalized spacial score (nSPS) is 13.6. The number of ether oxygens (including phenoxy) is 3. The van der Waals surface area contributed by atoms with Crippen LogP contribution in [0.5, 0.6) is 5.75 Å². The van der Waals surface area contributed by atoms with Gasteiger partial charge in [0.15, 0.2) is 0 Å². The lowest BCUT2D eigenvalue weighted by Crippen LogP contribution is -2.39. The molecule has 0 unspecified atom stereocenters. The van der Waals surface area contributed by atoms with E-state index in [2.05, 4.69) is 0 Å². The maximum absolute atomic E-state index is 13.2. The van der Waals surface area contributed by atoms with Crippen molar-refractivity contribution >= 4 is 23.5 Å². The molecule has 0 bridgehead atoms. The Morgan fingerprint density at radius 2 is 1.88 bits per heavy atom. The number of fused-ring (bicyclic) bond motifs is 1. The molecule has 1 aromatic rings. The molecule has 1 amide bonds. The molecule has 2 rings (SSSR count). The summed E-state index contributed by atoms with van der Waals surface area (Å²) in [7, 11) is 2.33. The number of anilines is 1. The minimum absolute atomic E-state index is 0.0699. The van der Waals surface area contributed by atoms with Gasteiger partial charge in [-0.2, -0.15) is 13.2 Å². The molecule has 7 nitrogen and oxygen atoms in total. The maximum Gasteiger partial charge on any atom is 0.471 e. The first-order chi connectivity index (χ1) is 15.3. The van der Waals surface area contributed by atoms with Crippen LogP contribution in [0.4, 0.5) is 18.9 Å². The van der Waals surface area contributed by atoms with Crippen LogP contribution in [0.15, 0.2) is 11.6 Å². The number of carbonyl (C=O) groups excluding carboxylic acids is 3. The van der Waals surface area contributed by atoms with Gasteiger partial charge in [-0.1, -0.05) is 11.6 Å². The summed E-state index contributed by atoms with van der Waals surface area (Å²) in [5.41, 5.74) is 1.70. The first-order valence-corrected chi connectivity index (χ1v) is 10.4. The number of rotatable bonds is 8. The van der Waals surface area contributed by atoms with Crippen LogP contribution in [0.2, 0.25) is 0 Å². The average molecular weight is 471 g/mol. The van der Waals surface area contributed by atoms with Crippen molar-refractivity contribution in [3.8, 4) is 5.75 Å². The van der Waals surface area contributed by atoms with E-state index in [-0.39, 0.29) is 54.1 Å². The number of hydrogen-bond donors (Lipinski definition) is 0. The van der Waals surface area contributed by atoms with Crippen LogP contribution >= 0.6 is 0 Å². The second-order valence-corrected chi connectivity index (χ2v) is 8.07. The van der Waals surface area contributed by atoms with Gasteiger partial charge in [-0.05, 0) is 46.1 Å². The Labute approximate surface area is 190 Å². The van der Waals surface area contributed by atoms with Gasteiger partial charge >= 0.3 is 24.0 Å². The van der Waals surface area contributed by atoms with Crippen LogP contribution < -0.4 is 9.64 Å². The number of esters is 2. The molecule has 0 saturated carbocycles. The third-order valence-electron chi connectivity index (χ3n) is 5.28. The van der Waals surface area contributed by atoms with E-state index in [4.69, 9.17) is 14.2 Å². The molecular formula is C23H28F3NO6. The fourth-order valence-corrected chi connectivity index (χ4v) is 3.69. The Bertz CT molecular complexity index is 982. The molecular weight excluding hydrogens is 443 g/mol. The summed E-state index contributed by atoms with van der Waals surface area (Å²) in [4.78, 5) is 36.7. The molecule has 182 valence electrons. The van der Waals surface area contributed by atoms with Crippen molar-refractivity contribution in [1.82, 2.24) is 0 Å². The standard InChI is InChI=1S/C23H28F3NO6/c1-12(2)33-17(28)10-8-13(3)7-9-15-19(27(5)22(30)23(24,25)26)18-16(11-32-21(18)29)14(4)20(15)31-6/h7,12H,8-11H2,1-6H3/b13-7+. The number of methoxy groups -OCH3 is 1.